The molecule has 1 heterocycles. The molecule has 0 bridgehead atoms. The highest BCUT2D eigenvalue weighted by molar-refractivity contribution is 6.10. The van der Waals surface area contributed by atoms with Gasteiger partial charge in [-0.2, -0.15) is 0 Å². The predicted octanol–water partition coefficient (Wildman–Crippen LogP) is 7.24. The largest absolute Gasteiger partial charge is 0.497 e. The zero-order chi connectivity index (χ0) is 28.1. The number of esters is 1. The number of allylic oxidation sites excluding steroid dienone is 1. The van der Waals surface area contributed by atoms with Crippen molar-refractivity contribution in [2.45, 2.75) is 0 Å². The number of rotatable bonds is 9. The molecule has 0 amide bonds. The van der Waals surface area contributed by atoms with Gasteiger partial charge < -0.3 is 23.4 Å². The molecule has 0 atom stereocenters. The standard InChI is InChI=1S/C33H26O7/c1-36-25-14-17-29(38-3)23(19-25)11-16-28(34)21-9-12-24(13-10-21)39-33(35)31-27-20-26(37-2)15-18-30(27)40-32(31)22-7-5-4-6-8-22/h4-20H,1-3H3. The summed E-state index contributed by atoms with van der Waals surface area (Å²) in [5.41, 5.74) is 2.70. The first kappa shape index (κ1) is 26.3. The van der Waals surface area contributed by atoms with Gasteiger partial charge in [-0.3, -0.25) is 4.79 Å². The molecule has 0 radical (unpaired) electrons. The number of furan rings is 1. The van der Waals surface area contributed by atoms with E-state index < -0.39 is 5.97 Å². The molecule has 0 unspecified atom stereocenters. The van der Waals surface area contributed by atoms with Gasteiger partial charge in [0, 0.05) is 22.1 Å². The Labute approximate surface area is 231 Å². The van der Waals surface area contributed by atoms with E-state index in [-0.39, 0.29) is 17.1 Å². The fourth-order valence-electron chi connectivity index (χ4n) is 4.28. The van der Waals surface area contributed by atoms with Crippen molar-refractivity contribution in [2.75, 3.05) is 21.3 Å². The van der Waals surface area contributed by atoms with Gasteiger partial charge >= 0.3 is 5.97 Å². The van der Waals surface area contributed by atoms with Crippen LogP contribution in [-0.4, -0.2) is 33.1 Å². The minimum atomic E-state index is -0.588. The molecule has 0 saturated carbocycles. The van der Waals surface area contributed by atoms with Crippen LogP contribution in [0.2, 0.25) is 0 Å². The van der Waals surface area contributed by atoms with Crippen LogP contribution >= 0.6 is 0 Å². The highest BCUT2D eigenvalue weighted by atomic mass is 16.5. The van der Waals surface area contributed by atoms with Crippen molar-refractivity contribution in [1.29, 1.82) is 0 Å². The quantitative estimate of drug-likeness (QED) is 0.0853. The van der Waals surface area contributed by atoms with Gasteiger partial charge in [-0.1, -0.05) is 30.3 Å². The predicted molar refractivity (Wildman–Crippen MR) is 153 cm³/mol. The summed E-state index contributed by atoms with van der Waals surface area (Å²) in [6, 6.07) is 26.3. The smallest absolute Gasteiger partial charge is 0.348 e. The molecule has 4 aromatic carbocycles. The van der Waals surface area contributed by atoms with Gasteiger partial charge in [-0.15, -0.1) is 0 Å². The van der Waals surface area contributed by atoms with E-state index in [1.165, 1.54) is 6.08 Å². The molecule has 200 valence electrons. The Hall–Kier alpha value is -5.30. The maximum atomic E-state index is 13.5. The molecule has 5 aromatic rings. The van der Waals surface area contributed by atoms with Gasteiger partial charge in [0.05, 0.1) is 21.3 Å². The lowest BCUT2D eigenvalue weighted by molar-refractivity contribution is 0.0737. The summed E-state index contributed by atoms with van der Waals surface area (Å²) in [6.45, 7) is 0. The maximum absolute atomic E-state index is 13.5. The molecule has 1 aromatic heterocycles. The SMILES string of the molecule is COc1ccc(OC)c(C=CC(=O)c2ccc(OC(=O)c3c(-c4ccccc4)oc4ccc(OC)cc34)cc2)c1. The van der Waals surface area contributed by atoms with Crippen molar-refractivity contribution in [3.63, 3.8) is 0 Å². The van der Waals surface area contributed by atoms with Crippen LogP contribution in [0.3, 0.4) is 0 Å². The monoisotopic (exact) mass is 534 g/mol. The normalized spacial score (nSPS) is 11.0. The fraction of sp³-hybridized carbons (Fsp3) is 0.0909. The second-order valence-corrected chi connectivity index (χ2v) is 8.75. The lowest BCUT2D eigenvalue weighted by atomic mass is 10.1. The molecule has 0 fully saturated rings. The number of benzene rings is 4. The summed E-state index contributed by atoms with van der Waals surface area (Å²) in [5, 5.41) is 0.577. The second kappa shape index (κ2) is 11.6. The number of carbonyl (C=O) groups excluding carboxylic acids is 2. The minimum absolute atomic E-state index is 0.220. The highest BCUT2D eigenvalue weighted by Crippen LogP contribution is 2.36. The summed E-state index contributed by atoms with van der Waals surface area (Å²) in [7, 11) is 4.69. The molecule has 7 heteroatoms. The zero-order valence-corrected chi connectivity index (χ0v) is 22.2. The number of carbonyl (C=O) groups is 2. The number of fused-ring (bicyclic) bond motifs is 1. The third kappa shape index (κ3) is 5.44. The highest BCUT2D eigenvalue weighted by Gasteiger charge is 2.24. The molecule has 0 saturated heterocycles. The van der Waals surface area contributed by atoms with Crippen molar-refractivity contribution in [1.82, 2.24) is 0 Å². The first-order chi connectivity index (χ1) is 19.5. The Bertz CT molecular complexity index is 1700. The van der Waals surface area contributed by atoms with Gasteiger partial charge in [-0.25, -0.2) is 4.79 Å². The summed E-state index contributed by atoms with van der Waals surface area (Å²) in [6.07, 6.45) is 3.12. The molecule has 40 heavy (non-hydrogen) atoms. The van der Waals surface area contributed by atoms with Crippen molar-refractivity contribution < 1.29 is 33.0 Å². The molecule has 0 aliphatic rings. The van der Waals surface area contributed by atoms with E-state index in [0.717, 1.165) is 5.56 Å². The summed E-state index contributed by atoms with van der Waals surface area (Å²) in [5.74, 6) is 1.74. The van der Waals surface area contributed by atoms with Crippen LogP contribution in [0.4, 0.5) is 0 Å². The van der Waals surface area contributed by atoms with Crippen LogP contribution in [0.5, 0.6) is 23.0 Å². The van der Waals surface area contributed by atoms with E-state index in [1.807, 2.05) is 30.3 Å². The number of hydrogen-bond donors (Lipinski definition) is 0. The van der Waals surface area contributed by atoms with E-state index >= 15 is 0 Å². The maximum Gasteiger partial charge on any atom is 0.348 e. The molecular formula is C33H26O7. The van der Waals surface area contributed by atoms with Crippen LogP contribution < -0.4 is 18.9 Å². The third-order valence-electron chi connectivity index (χ3n) is 6.34. The van der Waals surface area contributed by atoms with E-state index in [9.17, 15) is 9.59 Å². The van der Waals surface area contributed by atoms with Crippen LogP contribution in [0, 0.1) is 0 Å². The van der Waals surface area contributed by atoms with E-state index in [1.54, 1.807) is 88.1 Å². The third-order valence-corrected chi connectivity index (χ3v) is 6.34. The van der Waals surface area contributed by atoms with E-state index in [0.29, 0.717) is 45.1 Å². The first-order valence-electron chi connectivity index (χ1n) is 12.4. The average molecular weight is 535 g/mol. The van der Waals surface area contributed by atoms with Gasteiger partial charge in [0.25, 0.3) is 0 Å². The molecular weight excluding hydrogens is 508 g/mol. The van der Waals surface area contributed by atoms with E-state index in [2.05, 4.69) is 0 Å². The average Bonchev–Trinajstić information content (AvgIpc) is 3.39. The molecule has 0 N–H and O–H groups in total. The second-order valence-electron chi connectivity index (χ2n) is 8.75. The lowest BCUT2D eigenvalue weighted by Gasteiger charge is -2.07. The van der Waals surface area contributed by atoms with E-state index in [4.69, 9.17) is 23.4 Å². The Morgan fingerprint density at radius 1 is 0.725 bits per heavy atom. The zero-order valence-electron chi connectivity index (χ0n) is 22.2. The number of ether oxygens (including phenoxy) is 4. The molecule has 5 rings (SSSR count). The van der Waals surface area contributed by atoms with Crippen molar-refractivity contribution >= 4 is 28.8 Å². The van der Waals surface area contributed by atoms with Crippen molar-refractivity contribution in [2.24, 2.45) is 0 Å². The van der Waals surface area contributed by atoms with Crippen molar-refractivity contribution in [3.05, 3.63) is 114 Å². The van der Waals surface area contributed by atoms with Gasteiger partial charge in [0.2, 0.25) is 0 Å². The summed E-state index contributed by atoms with van der Waals surface area (Å²) >= 11 is 0. The number of methoxy groups -OCH3 is 3. The van der Waals surface area contributed by atoms with Crippen LogP contribution in [0.1, 0.15) is 26.3 Å². The molecule has 0 aliphatic heterocycles. The molecule has 7 nitrogen and oxygen atoms in total. The first-order valence-corrected chi connectivity index (χ1v) is 12.4. The topological polar surface area (TPSA) is 84.2 Å². The van der Waals surface area contributed by atoms with Crippen molar-refractivity contribution in [3.8, 4) is 34.3 Å². The van der Waals surface area contributed by atoms with Gasteiger partial charge in [0.1, 0.15) is 39.9 Å². The summed E-state index contributed by atoms with van der Waals surface area (Å²) in [4.78, 5) is 26.3. The lowest BCUT2D eigenvalue weighted by Crippen LogP contribution is -2.09. The minimum Gasteiger partial charge on any atom is -0.497 e. The van der Waals surface area contributed by atoms with Gasteiger partial charge in [0.15, 0.2) is 5.78 Å². The number of hydrogen-bond acceptors (Lipinski definition) is 7. The van der Waals surface area contributed by atoms with Crippen LogP contribution in [0.25, 0.3) is 28.4 Å². The van der Waals surface area contributed by atoms with Crippen LogP contribution in [0.15, 0.2) is 101 Å². The van der Waals surface area contributed by atoms with Gasteiger partial charge in [-0.05, 0) is 72.8 Å². The Morgan fingerprint density at radius 2 is 1.40 bits per heavy atom. The fourth-order valence-corrected chi connectivity index (χ4v) is 4.28. The Kier molecular flexibility index (Phi) is 7.64. The number of ketones is 1. The summed E-state index contributed by atoms with van der Waals surface area (Å²) < 4.78 is 27.8. The molecule has 0 aliphatic carbocycles. The Balaban J connectivity index is 1.38. The van der Waals surface area contributed by atoms with Crippen LogP contribution in [-0.2, 0) is 0 Å². The molecule has 0 spiro atoms. The Morgan fingerprint density at radius 3 is 2.10 bits per heavy atom.